The molecule has 0 fully saturated rings. The minimum atomic E-state index is -0.329. The fourth-order valence-electron chi connectivity index (χ4n) is 2.78. The number of aromatic nitrogens is 2. The van der Waals surface area contributed by atoms with Crippen molar-refractivity contribution in [2.45, 2.75) is 13.8 Å². The lowest BCUT2D eigenvalue weighted by Gasteiger charge is -2.21. The fourth-order valence-corrected chi connectivity index (χ4v) is 2.97. The number of carbonyl (C=O) groups excluding carboxylic acids is 1. The largest absolute Gasteiger partial charge is 0.372 e. The monoisotopic (exact) mass is 395 g/mol. The Morgan fingerprint density at radius 3 is 2.46 bits per heavy atom. The molecule has 0 saturated heterocycles. The van der Waals surface area contributed by atoms with Crippen molar-refractivity contribution in [2.75, 3.05) is 28.6 Å². The molecular weight excluding hydrogens is 374 g/mol. The van der Waals surface area contributed by atoms with E-state index in [4.69, 9.17) is 11.6 Å². The van der Waals surface area contributed by atoms with Crippen LogP contribution < -0.4 is 15.5 Å². The predicted molar refractivity (Wildman–Crippen MR) is 115 cm³/mol. The molecule has 2 N–H and O–H groups in total. The summed E-state index contributed by atoms with van der Waals surface area (Å²) < 4.78 is 0. The number of hydrogen-bond acceptors (Lipinski definition) is 5. The van der Waals surface area contributed by atoms with Crippen LogP contribution in [-0.2, 0) is 0 Å². The van der Waals surface area contributed by atoms with Gasteiger partial charge in [-0.1, -0.05) is 17.7 Å². The molecule has 3 aromatic rings. The number of rotatable bonds is 7. The number of carbonyl (C=O) groups is 1. The Bertz CT molecular complexity index is 942. The third-order valence-corrected chi connectivity index (χ3v) is 4.46. The zero-order valence-electron chi connectivity index (χ0n) is 15.8. The number of hydrogen-bond donors (Lipinski definition) is 2. The van der Waals surface area contributed by atoms with E-state index in [0.29, 0.717) is 16.7 Å². The molecule has 0 bridgehead atoms. The number of anilines is 4. The van der Waals surface area contributed by atoms with Gasteiger partial charge in [-0.3, -0.25) is 4.79 Å². The van der Waals surface area contributed by atoms with Crippen LogP contribution in [0.3, 0.4) is 0 Å². The van der Waals surface area contributed by atoms with Gasteiger partial charge in [-0.15, -0.1) is 0 Å². The lowest BCUT2D eigenvalue weighted by molar-refractivity contribution is 0.102. The smallest absolute Gasteiger partial charge is 0.274 e. The molecule has 0 unspecified atom stereocenters. The van der Waals surface area contributed by atoms with E-state index in [-0.39, 0.29) is 11.6 Å². The van der Waals surface area contributed by atoms with Crippen LogP contribution in [0.5, 0.6) is 0 Å². The lowest BCUT2D eigenvalue weighted by Crippen LogP contribution is -2.21. The summed E-state index contributed by atoms with van der Waals surface area (Å²) in [6, 6.07) is 16.6. The second kappa shape index (κ2) is 9.19. The molecule has 1 amide bonds. The summed E-state index contributed by atoms with van der Waals surface area (Å²) in [6.07, 6.45) is 1.55. The maximum absolute atomic E-state index is 12.4. The molecular formula is C21H22ClN5O. The molecule has 0 atom stereocenters. The van der Waals surface area contributed by atoms with Crippen LogP contribution in [-0.4, -0.2) is 29.0 Å². The maximum atomic E-state index is 12.4. The van der Waals surface area contributed by atoms with Crippen molar-refractivity contribution in [3.63, 3.8) is 0 Å². The Morgan fingerprint density at radius 2 is 1.79 bits per heavy atom. The molecule has 0 aliphatic rings. The number of nitrogens with zero attached hydrogens (tertiary/aromatic N) is 3. The minimum Gasteiger partial charge on any atom is -0.372 e. The highest BCUT2D eigenvalue weighted by Crippen LogP contribution is 2.20. The number of nitrogens with one attached hydrogen (secondary N) is 2. The van der Waals surface area contributed by atoms with E-state index in [2.05, 4.69) is 39.3 Å². The maximum Gasteiger partial charge on any atom is 0.274 e. The SMILES string of the molecule is CCN(CC)c1ccc(Nc2nccc(C(=O)Nc3cccc(Cl)c3)n2)cc1. The third kappa shape index (κ3) is 4.98. The van der Waals surface area contributed by atoms with Gasteiger partial charge in [-0.2, -0.15) is 0 Å². The second-order valence-electron chi connectivity index (χ2n) is 6.07. The standard InChI is InChI=1S/C21H22ClN5O/c1-3-27(4-2)18-10-8-16(9-11-18)25-21-23-13-12-19(26-21)20(28)24-17-7-5-6-15(22)14-17/h5-14H,3-4H2,1-2H3,(H,24,28)(H,23,25,26). The van der Waals surface area contributed by atoms with Gasteiger partial charge in [0.15, 0.2) is 0 Å². The van der Waals surface area contributed by atoms with Gasteiger partial charge in [0.05, 0.1) is 0 Å². The first-order valence-corrected chi connectivity index (χ1v) is 9.49. The van der Waals surface area contributed by atoms with Crippen LogP contribution in [0.15, 0.2) is 60.8 Å². The van der Waals surface area contributed by atoms with Gasteiger partial charge >= 0.3 is 0 Å². The predicted octanol–water partition coefficient (Wildman–Crippen LogP) is 4.97. The van der Waals surface area contributed by atoms with Crippen molar-refractivity contribution in [2.24, 2.45) is 0 Å². The number of amides is 1. The van der Waals surface area contributed by atoms with Gasteiger partial charge in [0.25, 0.3) is 5.91 Å². The van der Waals surface area contributed by atoms with Gasteiger partial charge in [0.1, 0.15) is 5.69 Å². The molecule has 0 spiro atoms. The summed E-state index contributed by atoms with van der Waals surface area (Å²) in [5.74, 6) is 0.0268. The van der Waals surface area contributed by atoms with Crippen molar-refractivity contribution < 1.29 is 4.79 Å². The zero-order chi connectivity index (χ0) is 19.9. The molecule has 0 saturated carbocycles. The van der Waals surface area contributed by atoms with Crippen LogP contribution in [0.25, 0.3) is 0 Å². The first-order chi connectivity index (χ1) is 13.6. The van der Waals surface area contributed by atoms with Crippen LogP contribution in [0.4, 0.5) is 23.0 Å². The average molecular weight is 396 g/mol. The number of halogens is 1. The van der Waals surface area contributed by atoms with Crippen LogP contribution in [0.1, 0.15) is 24.3 Å². The van der Waals surface area contributed by atoms with Crippen molar-refractivity contribution in [3.05, 3.63) is 71.5 Å². The summed E-state index contributed by atoms with van der Waals surface area (Å²) in [5.41, 5.74) is 2.88. The minimum absolute atomic E-state index is 0.261. The molecule has 0 aliphatic heterocycles. The number of benzene rings is 2. The summed E-state index contributed by atoms with van der Waals surface area (Å²) in [4.78, 5) is 23.2. The normalized spacial score (nSPS) is 10.4. The highest BCUT2D eigenvalue weighted by atomic mass is 35.5. The zero-order valence-corrected chi connectivity index (χ0v) is 16.6. The van der Waals surface area contributed by atoms with Crippen molar-refractivity contribution in [1.82, 2.24) is 9.97 Å². The Kier molecular flexibility index (Phi) is 6.45. The van der Waals surface area contributed by atoms with Crippen molar-refractivity contribution in [1.29, 1.82) is 0 Å². The summed E-state index contributed by atoms with van der Waals surface area (Å²) >= 11 is 5.95. The van der Waals surface area contributed by atoms with Crippen molar-refractivity contribution in [3.8, 4) is 0 Å². The van der Waals surface area contributed by atoms with E-state index in [9.17, 15) is 4.79 Å². The first kappa shape index (κ1) is 19.6. The first-order valence-electron chi connectivity index (χ1n) is 9.11. The average Bonchev–Trinajstić information content (AvgIpc) is 2.70. The summed E-state index contributed by atoms with van der Waals surface area (Å²) in [5, 5.41) is 6.46. The van der Waals surface area contributed by atoms with E-state index in [0.717, 1.165) is 24.5 Å². The quantitative estimate of drug-likeness (QED) is 0.590. The molecule has 144 valence electrons. The van der Waals surface area contributed by atoms with Crippen LogP contribution in [0.2, 0.25) is 5.02 Å². The van der Waals surface area contributed by atoms with Crippen molar-refractivity contribution >= 4 is 40.5 Å². The molecule has 0 aliphatic carbocycles. The molecule has 1 heterocycles. The summed E-state index contributed by atoms with van der Waals surface area (Å²) in [7, 11) is 0. The molecule has 6 nitrogen and oxygen atoms in total. The van der Waals surface area contributed by atoms with Gasteiger partial charge < -0.3 is 15.5 Å². The lowest BCUT2D eigenvalue weighted by atomic mass is 10.2. The molecule has 2 aromatic carbocycles. The third-order valence-electron chi connectivity index (χ3n) is 4.22. The molecule has 1 aromatic heterocycles. The van der Waals surface area contributed by atoms with Gasteiger partial charge in [0.2, 0.25) is 5.95 Å². The van der Waals surface area contributed by atoms with E-state index in [1.807, 2.05) is 24.3 Å². The Labute approximate surface area is 169 Å². The topological polar surface area (TPSA) is 70.2 Å². The molecule has 28 heavy (non-hydrogen) atoms. The Balaban J connectivity index is 1.70. The van der Waals surface area contributed by atoms with Crippen LogP contribution in [0, 0.1) is 0 Å². The molecule has 0 radical (unpaired) electrons. The van der Waals surface area contributed by atoms with Gasteiger partial charge in [-0.05, 0) is 62.4 Å². The van der Waals surface area contributed by atoms with Gasteiger partial charge in [0, 0.05) is 41.4 Å². The Morgan fingerprint density at radius 1 is 1.04 bits per heavy atom. The fraction of sp³-hybridized carbons (Fsp3) is 0.190. The highest BCUT2D eigenvalue weighted by Gasteiger charge is 2.10. The molecule has 3 rings (SSSR count). The summed E-state index contributed by atoms with van der Waals surface area (Å²) in [6.45, 7) is 6.17. The van der Waals surface area contributed by atoms with E-state index < -0.39 is 0 Å². The Hall–Kier alpha value is -3.12. The second-order valence-corrected chi connectivity index (χ2v) is 6.51. The van der Waals surface area contributed by atoms with E-state index in [1.165, 1.54) is 0 Å². The van der Waals surface area contributed by atoms with Crippen LogP contribution >= 0.6 is 11.6 Å². The van der Waals surface area contributed by atoms with Gasteiger partial charge in [-0.25, -0.2) is 9.97 Å². The molecule has 7 heteroatoms. The van der Waals surface area contributed by atoms with E-state index in [1.54, 1.807) is 36.5 Å². The highest BCUT2D eigenvalue weighted by molar-refractivity contribution is 6.30. The van der Waals surface area contributed by atoms with E-state index >= 15 is 0 Å².